The summed E-state index contributed by atoms with van der Waals surface area (Å²) in [5.74, 6) is 0.856. The molecule has 0 spiro atoms. The Morgan fingerprint density at radius 3 is 2.86 bits per heavy atom. The van der Waals surface area contributed by atoms with E-state index in [1.807, 2.05) is 20.0 Å². The summed E-state index contributed by atoms with van der Waals surface area (Å²) in [5, 5.41) is 7.98. The number of halogens is 2. The molecule has 0 saturated carbocycles. The molecule has 21 heavy (non-hydrogen) atoms. The summed E-state index contributed by atoms with van der Waals surface area (Å²) in [6.07, 6.45) is 1.69. The zero-order valence-corrected chi connectivity index (χ0v) is 15.0. The van der Waals surface area contributed by atoms with Gasteiger partial charge in [0.1, 0.15) is 10.7 Å². The van der Waals surface area contributed by atoms with Crippen molar-refractivity contribution in [3.63, 3.8) is 0 Å². The number of aromatic nitrogens is 4. The lowest BCUT2D eigenvalue weighted by Gasteiger charge is -1.98. The molecule has 0 aliphatic rings. The van der Waals surface area contributed by atoms with Crippen LogP contribution < -0.4 is 5.32 Å². The third-order valence-corrected chi connectivity index (χ3v) is 4.74. The molecule has 3 aromatic rings. The summed E-state index contributed by atoms with van der Waals surface area (Å²) in [4.78, 5) is 8.72. The number of anilines is 1. The average Bonchev–Trinajstić information content (AvgIpc) is 3.05. The standard InChI is InChI=1S/C12H9Br2N5OS/c1-5-8(12(15-2)21-19-5)11-17-10(18-20-11)9-7(14)3-6(13)4-16-9/h3-4,15H,1-2H3. The molecule has 0 fully saturated rings. The van der Waals surface area contributed by atoms with Crippen molar-refractivity contribution in [1.29, 1.82) is 0 Å². The normalized spacial score (nSPS) is 10.9. The van der Waals surface area contributed by atoms with Gasteiger partial charge in [0.2, 0.25) is 5.82 Å². The summed E-state index contributed by atoms with van der Waals surface area (Å²) in [5.41, 5.74) is 2.30. The van der Waals surface area contributed by atoms with Crippen molar-refractivity contribution in [3.8, 4) is 23.0 Å². The fourth-order valence-electron chi connectivity index (χ4n) is 1.79. The van der Waals surface area contributed by atoms with Crippen molar-refractivity contribution < 1.29 is 4.52 Å². The van der Waals surface area contributed by atoms with Crippen LogP contribution >= 0.6 is 43.4 Å². The van der Waals surface area contributed by atoms with Crippen LogP contribution in [0.15, 0.2) is 25.7 Å². The van der Waals surface area contributed by atoms with Crippen molar-refractivity contribution >= 4 is 48.4 Å². The second-order valence-electron chi connectivity index (χ2n) is 4.13. The van der Waals surface area contributed by atoms with E-state index in [0.717, 1.165) is 25.2 Å². The van der Waals surface area contributed by atoms with Gasteiger partial charge in [0.15, 0.2) is 0 Å². The molecule has 0 aromatic carbocycles. The van der Waals surface area contributed by atoms with Crippen LogP contribution in [0.1, 0.15) is 5.69 Å². The van der Waals surface area contributed by atoms with E-state index in [2.05, 4.69) is 56.7 Å². The van der Waals surface area contributed by atoms with Gasteiger partial charge in [-0.3, -0.25) is 4.98 Å². The number of aryl methyl sites for hydroxylation is 1. The van der Waals surface area contributed by atoms with Gasteiger partial charge in [-0.05, 0) is 56.4 Å². The first kappa shape index (κ1) is 14.6. The highest BCUT2D eigenvalue weighted by Gasteiger charge is 2.20. The van der Waals surface area contributed by atoms with Crippen LogP contribution in [0.5, 0.6) is 0 Å². The Balaban J connectivity index is 2.06. The van der Waals surface area contributed by atoms with Crippen molar-refractivity contribution in [2.75, 3.05) is 12.4 Å². The third-order valence-electron chi connectivity index (χ3n) is 2.75. The van der Waals surface area contributed by atoms with E-state index in [9.17, 15) is 0 Å². The van der Waals surface area contributed by atoms with E-state index in [0.29, 0.717) is 17.4 Å². The lowest BCUT2D eigenvalue weighted by atomic mass is 10.2. The molecule has 0 aliphatic carbocycles. The summed E-state index contributed by atoms with van der Waals surface area (Å²) in [6, 6.07) is 1.88. The predicted molar refractivity (Wildman–Crippen MR) is 88.3 cm³/mol. The first-order valence-corrected chi connectivity index (χ1v) is 8.25. The van der Waals surface area contributed by atoms with E-state index in [1.54, 1.807) is 6.20 Å². The molecule has 3 rings (SSSR count). The molecule has 0 saturated heterocycles. The Labute approximate surface area is 141 Å². The lowest BCUT2D eigenvalue weighted by molar-refractivity contribution is 0.432. The summed E-state index contributed by atoms with van der Waals surface area (Å²) >= 11 is 8.17. The monoisotopic (exact) mass is 429 g/mol. The number of nitrogens with zero attached hydrogens (tertiary/aromatic N) is 4. The zero-order chi connectivity index (χ0) is 15.0. The molecule has 0 amide bonds. The fourth-order valence-corrected chi connectivity index (χ4v) is 3.69. The second kappa shape index (κ2) is 5.82. The number of rotatable bonds is 3. The molecule has 6 nitrogen and oxygen atoms in total. The van der Waals surface area contributed by atoms with Crippen molar-refractivity contribution in [3.05, 3.63) is 26.9 Å². The minimum Gasteiger partial charge on any atom is -0.378 e. The number of nitrogens with one attached hydrogen (secondary N) is 1. The first-order chi connectivity index (χ1) is 10.1. The lowest BCUT2D eigenvalue weighted by Crippen LogP contribution is -1.90. The van der Waals surface area contributed by atoms with E-state index in [1.165, 1.54) is 11.5 Å². The minimum atomic E-state index is 0.428. The highest BCUT2D eigenvalue weighted by Crippen LogP contribution is 2.35. The quantitative estimate of drug-likeness (QED) is 0.673. The Morgan fingerprint density at radius 1 is 1.33 bits per heavy atom. The SMILES string of the molecule is CNc1snc(C)c1-c1nc(-c2ncc(Br)cc2Br)no1. The van der Waals surface area contributed by atoms with Gasteiger partial charge in [-0.1, -0.05) is 5.16 Å². The van der Waals surface area contributed by atoms with E-state index < -0.39 is 0 Å². The van der Waals surface area contributed by atoms with Crippen molar-refractivity contribution in [2.45, 2.75) is 6.92 Å². The molecular formula is C12H9Br2N5OS. The molecule has 108 valence electrons. The molecule has 1 N–H and O–H groups in total. The maximum atomic E-state index is 5.37. The summed E-state index contributed by atoms with van der Waals surface area (Å²) < 4.78 is 11.3. The second-order valence-corrected chi connectivity index (χ2v) is 6.67. The topological polar surface area (TPSA) is 76.7 Å². The van der Waals surface area contributed by atoms with Gasteiger partial charge in [0.05, 0.1) is 11.3 Å². The Bertz CT molecular complexity index is 801. The molecule has 3 heterocycles. The van der Waals surface area contributed by atoms with E-state index >= 15 is 0 Å². The number of pyridine rings is 1. The number of hydrogen-bond acceptors (Lipinski definition) is 7. The van der Waals surface area contributed by atoms with Gasteiger partial charge in [-0.25, -0.2) is 0 Å². The zero-order valence-electron chi connectivity index (χ0n) is 11.0. The van der Waals surface area contributed by atoms with Crippen LogP contribution in [0.2, 0.25) is 0 Å². The van der Waals surface area contributed by atoms with Gasteiger partial charge in [-0.2, -0.15) is 9.36 Å². The third kappa shape index (κ3) is 2.72. The van der Waals surface area contributed by atoms with Crippen LogP contribution in [-0.2, 0) is 0 Å². The molecule has 3 aromatic heterocycles. The van der Waals surface area contributed by atoms with Gasteiger partial charge < -0.3 is 9.84 Å². The molecule has 0 atom stereocenters. The van der Waals surface area contributed by atoms with Gasteiger partial charge >= 0.3 is 0 Å². The van der Waals surface area contributed by atoms with E-state index in [4.69, 9.17) is 4.52 Å². The van der Waals surface area contributed by atoms with Crippen molar-refractivity contribution in [1.82, 2.24) is 19.5 Å². The number of hydrogen-bond donors (Lipinski definition) is 1. The molecule has 0 aliphatic heterocycles. The molecular weight excluding hydrogens is 422 g/mol. The Kier molecular flexibility index (Phi) is 4.05. The summed E-state index contributed by atoms with van der Waals surface area (Å²) in [7, 11) is 1.83. The first-order valence-electron chi connectivity index (χ1n) is 5.89. The van der Waals surface area contributed by atoms with Gasteiger partial charge in [0.25, 0.3) is 5.89 Å². The minimum absolute atomic E-state index is 0.428. The Hall–Kier alpha value is -1.32. The summed E-state index contributed by atoms with van der Waals surface area (Å²) in [6.45, 7) is 1.91. The smallest absolute Gasteiger partial charge is 0.263 e. The Morgan fingerprint density at radius 2 is 2.14 bits per heavy atom. The van der Waals surface area contributed by atoms with Crippen LogP contribution in [0.25, 0.3) is 23.0 Å². The average molecular weight is 431 g/mol. The van der Waals surface area contributed by atoms with Crippen LogP contribution in [-0.4, -0.2) is 26.5 Å². The maximum absolute atomic E-state index is 5.37. The van der Waals surface area contributed by atoms with Crippen LogP contribution in [0.3, 0.4) is 0 Å². The predicted octanol–water partition coefficient (Wildman–Crippen LogP) is 4.13. The van der Waals surface area contributed by atoms with Gasteiger partial charge in [-0.15, -0.1) is 0 Å². The molecule has 9 heteroatoms. The molecule has 0 bridgehead atoms. The fraction of sp³-hybridized carbons (Fsp3) is 0.167. The molecule has 0 radical (unpaired) electrons. The van der Waals surface area contributed by atoms with E-state index in [-0.39, 0.29) is 0 Å². The maximum Gasteiger partial charge on any atom is 0.263 e. The largest absolute Gasteiger partial charge is 0.378 e. The van der Waals surface area contributed by atoms with Gasteiger partial charge in [0, 0.05) is 22.2 Å². The van der Waals surface area contributed by atoms with Crippen LogP contribution in [0.4, 0.5) is 5.00 Å². The van der Waals surface area contributed by atoms with Crippen LogP contribution in [0, 0.1) is 6.92 Å². The van der Waals surface area contributed by atoms with Crippen molar-refractivity contribution in [2.24, 2.45) is 0 Å². The highest BCUT2D eigenvalue weighted by molar-refractivity contribution is 9.11. The highest BCUT2D eigenvalue weighted by atomic mass is 79.9. The molecule has 0 unspecified atom stereocenters.